The lowest BCUT2D eigenvalue weighted by Gasteiger charge is -2.09. The van der Waals surface area contributed by atoms with E-state index in [1.807, 2.05) is 17.5 Å². The molecule has 7 heteroatoms. The Morgan fingerprint density at radius 2 is 1.85 bits per heavy atom. The molecule has 0 saturated carbocycles. The van der Waals surface area contributed by atoms with Crippen LogP contribution in [0.2, 0.25) is 0 Å². The molecule has 2 rings (SSSR count). The largest absolute Gasteiger partial charge is 0.352 e. The number of thiophene rings is 1. The molecule has 5 nitrogen and oxygen atoms in total. The van der Waals surface area contributed by atoms with E-state index in [-0.39, 0.29) is 10.8 Å². The summed E-state index contributed by atoms with van der Waals surface area (Å²) < 4.78 is 27.2. The molecule has 0 radical (unpaired) electrons. The van der Waals surface area contributed by atoms with Crippen LogP contribution in [0.3, 0.4) is 0 Å². The van der Waals surface area contributed by atoms with Gasteiger partial charge in [0, 0.05) is 23.5 Å². The van der Waals surface area contributed by atoms with Gasteiger partial charge in [-0.1, -0.05) is 19.9 Å². The van der Waals surface area contributed by atoms with Gasteiger partial charge < -0.3 is 5.32 Å². The van der Waals surface area contributed by atoms with Gasteiger partial charge in [0.2, 0.25) is 10.0 Å². The smallest absolute Gasteiger partial charge is 0.251 e. The highest BCUT2D eigenvalue weighted by molar-refractivity contribution is 7.89. The first kappa shape index (κ1) is 20.6. The van der Waals surface area contributed by atoms with Crippen molar-refractivity contribution in [2.45, 2.75) is 38.0 Å². The Morgan fingerprint density at radius 1 is 1.12 bits per heavy atom. The highest BCUT2D eigenvalue weighted by Gasteiger charge is 2.14. The number of hydrogen-bond donors (Lipinski definition) is 2. The van der Waals surface area contributed by atoms with Crippen LogP contribution in [0.15, 0.2) is 46.7 Å². The lowest BCUT2D eigenvalue weighted by Crippen LogP contribution is -2.26. The Balaban J connectivity index is 1.85. The van der Waals surface area contributed by atoms with E-state index in [0.717, 1.165) is 17.7 Å². The van der Waals surface area contributed by atoms with Crippen molar-refractivity contribution in [3.8, 4) is 0 Å². The van der Waals surface area contributed by atoms with Crippen molar-refractivity contribution in [2.24, 2.45) is 5.92 Å². The maximum absolute atomic E-state index is 12.3. The van der Waals surface area contributed by atoms with Gasteiger partial charge in [0.15, 0.2) is 0 Å². The van der Waals surface area contributed by atoms with E-state index in [9.17, 15) is 13.2 Å². The molecule has 1 aromatic heterocycles. The van der Waals surface area contributed by atoms with Crippen molar-refractivity contribution in [2.75, 3.05) is 13.1 Å². The fraction of sp³-hybridized carbons (Fsp3) is 0.421. The van der Waals surface area contributed by atoms with Crippen LogP contribution in [0, 0.1) is 5.92 Å². The average Bonchev–Trinajstić information content (AvgIpc) is 3.12. The molecule has 0 bridgehead atoms. The number of sulfonamides is 1. The highest BCUT2D eigenvalue weighted by Crippen LogP contribution is 2.12. The summed E-state index contributed by atoms with van der Waals surface area (Å²) >= 11 is 1.60. The number of hydrogen-bond acceptors (Lipinski definition) is 4. The maximum atomic E-state index is 12.3. The van der Waals surface area contributed by atoms with Crippen molar-refractivity contribution in [1.82, 2.24) is 10.0 Å². The first-order valence-electron chi connectivity index (χ1n) is 8.79. The summed E-state index contributed by atoms with van der Waals surface area (Å²) in [4.78, 5) is 13.4. The highest BCUT2D eigenvalue weighted by atomic mass is 32.2. The van der Waals surface area contributed by atoms with Gasteiger partial charge in [0.25, 0.3) is 5.91 Å². The Kier molecular flexibility index (Phi) is 7.81. The molecule has 0 saturated heterocycles. The van der Waals surface area contributed by atoms with Crippen LogP contribution < -0.4 is 10.0 Å². The summed E-state index contributed by atoms with van der Waals surface area (Å²) in [6.07, 6.45) is 2.66. The second-order valence-electron chi connectivity index (χ2n) is 6.54. The van der Waals surface area contributed by atoms with Crippen LogP contribution in [0.1, 0.15) is 41.9 Å². The topological polar surface area (TPSA) is 75.3 Å². The molecule has 26 heavy (non-hydrogen) atoms. The number of nitrogens with one attached hydrogen (secondary N) is 2. The van der Waals surface area contributed by atoms with Crippen LogP contribution in [-0.4, -0.2) is 27.4 Å². The van der Waals surface area contributed by atoms with Crippen molar-refractivity contribution in [3.63, 3.8) is 0 Å². The van der Waals surface area contributed by atoms with Gasteiger partial charge in [-0.05, 0) is 60.9 Å². The summed E-state index contributed by atoms with van der Waals surface area (Å²) in [5.74, 6) is 0.437. The first-order valence-corrected chi connectivity index (χ1v) is 11.1. The predicted octanol–water partition coefficient (Wildman–Crippen LogP) is 3.44. The molecule has 1 amide bonds. The second-order valence-corrected chi connectivity index (χ2v) is 9.34. The van der Waals surface area contributed by atoms with Crippen LogP contribution in [-0.2, 0) is 16.4 Å². The zero-order valence-corrected chi connectivity index (χ0v) is 16.8. The molecule has 0 aliphatic carbocycles. The Morgan fingerprint density at radius 3 is 2.46 bits per heavy atom. The molecule has 0 spiro atoms. The number of carbonyl (C=O) groups excluding carboxylic acids is 1. The number of amides is 1. The molecular weight excluding hydrogens is 368 g/mol. The SMILES string of the molecule is CC(C)CCCNC(=O)c1ccc(S(=O)(=O)NCCc2cccs2)cc1. The number of benzene rings is 1. The van der Waals surface area contributed by atoms with Gasteiger partial charge >= 0.3 is 0 Å². The number of rotatable bonds is 10. The summed E-state index contributed by atoms with van der Waals surface area (Å²) in [6, 6.07) is 9.96. The molecule has 0 unspecified atom stereocenters. The molecule has 1 heterocycles. The predicted molar refractivity (Wildman–Crippen MR) is 106 cm³/mol. The third kappa shape index (κ3) is 6.55. The van der Waals surface area contributed by atoms with Crippen LogP contribution in [0.25, 0.3) is 0 Å². The second kappa shape index (κ2) is 9.85. The molecule has 0 fully saturated rings. The summed E-state index contributed by atoms with van der Waals surface area (Å²) in [5.41, 5.74) is 0.465. The number of carbonyl (C=O) groups is 1. The standard InChI is InChI=1S/C19H26N2O3S2/c1-15(2)5-3-12-20-19(22)16-7-9-18(10-8-16)26(23,24)21-13-11-17-6-4-14-25-17/h4,6-10,14-15,21H,3,5,11-13H2,1-2H3,(H,20,22). The van der Waals surface area contributed by atoms with E-state index in [1.165, 1.54) is 12.1 Å². The molecule has 0 aliphatic heterocycles. The van der Waals surface area contributed by atoms with Crippen LogP contribution >= 0.6 is 11.3 Å². The lowest BCUT2D eigenvalue weighted by atomic mass is 10.1. The molecule has 0 aliphatic rings. The van der Waals surface area contributed by atoms with Gasteiger partial charge in [-0.2, -0.15) is 0 Å². The third-order valence-electron chi connectivity index (χ3n) is 3.91. The van der Waals surface area contributed by atoms with Gasteiger partial charge in [-0.3, -0.25) is 4.79 Å². The minimum absolute atomic E-state index is 0.167. The summed E-state index contributed by atoms with van der Waals surface area (Å²) in [5, 5.41) is 4.83. The van der Waals surface area contributed by atoms with E-state index in [0.29, 0.717) is 31.0 Å². The van der Waals surface area contributed by atoms with E-state index in [2.05, 4.69) is 23.9 Å². The van der Waals surface area contributed by atoms with Gasteiger partial charge in [-0.25, -0.2) is 13.1 Å². The Labute approximate surface area is 159 Å². The molecular formula is C19H26N2O3S2. The van der Waals surface area contributed by atoms with Gasteiger partial charge in [0.05, 0.1) is 4.90 Å². The average molecular weight is 395 g/mol. The zero-order valence-electron chi connectivity index (χ0n) is 15.2. The Hall–Kier alpha value is -1.70. The first-order chi connectivity index (χ1) is 12.4. The fourth-order valence-electron chi connectivity index (χ4n) is 2.45. The third-order valence-corrected chi connectivity index (χ3v) is 6.33. The van der Waals surface area contributed by atoms with Crippen molar-refractivity contribution in [1.29, 1.82) is 0 Å². The van der Waals surface area contributed by atoms with E-state index < -0.39 is 10.0 Å². The van der Waals surface area contributed by atoms with E-state index in [4.69, 9.17) is 0 Å². The van der Waals surface area contributed by atoms with Crippen molar-refractivity contribution in [3.05, 3.63) is 52.2 Å². The molecule has 142 valence electrons. The van der Waals surface area contributed by atoms with E-state index >= 15 is 0 Å². The van der Waals surface area contributed by atoms with Crippen LogP contribution in [0.5, 0.6) is 0 Å². The van der Waals surface area contributed by atoms with Gasteiger partial charge in [-0.15, -0.1) is 11.3 Å². The lowest BCUT2D eigenvalue weighted by molar-refractivity contribution is 0.0952. The summed E-state index contributed by atoms with van der Waals surface area (Å²) in [7, 11) is -3.56. The Bertz CT molecular complexity index is 783. The molecule has 2 N–H and O–H groups in total. The normalized spacial score (nSPS) is 11.7. The van der Waals surface area contributed by atoms with Crippen LogP contribution in [0.4, 0.5) is 0 Å². The van der Waals surface area contributed by atoms with E-state index in [1.54, 1.807) is 23.5 Å². The minimum Gasteiger partial charge on any atom is -0.352 e. The maximum Gasteiger partial charge on any atom is 0.251 e. The van der Waals surface area contributed by atoms with Gasteiger partial charge in [0.1, 0.15) is 0 Å². The quantitative estimate of drug-likeness (QED) is 0.606. The minimum atomic E-state index is -3.56. The molecule has 0 atom stereocenters. The fourth-order valence-corrected chi connectivity index (χ4v) is 4.19. The monoisotopic (exact) mass is 394 g/mol. The van der Waals surface area contributed by atoms with Crippen molar-refractivity contribution < 1.29 is 13.2 Å². The summed E-state index contributed by atoms with van der Waals surface area (Å²) in [6.45, 7) is 5.27. The van der Waals surface area contributed by atoms with Crippen molar-refractivity contribution >= 4 is 27.3 Å². The molecule has 1 aromatic carbocycles. The zero-order chi connectivity index (χ0) is 19.0. The molecule has 2 aromatic rings.